The third-order valence-electron chi connectivity index (χ3n) is 2.04. The minimum absolute atomic E-state index is 0.0627. The third kappa shape index (κ3) is 3.16. The van der Waals surface area contributed by atoms with Crippen molar-refractivity contribution in [2.24, 2.45) is 0 Å². The molecule has 0 bridgehead atoms. The molecule has 0 aromatic heterocycles. The molecule has 0 aliphatic rings. The summed E-state index contributed by atoms with van der Waals surface area (Å²) in [5.74, 6) is -1.78. The summed E-state index contributed by atoms with van der Waals surface area (Å²) in [4.78, 5) is 21.2. The fourth-order valence-corrected chi connectivity index (χ4v) is 1.49. The van der Waals surface area contributed by atoms with Gasteiger partial charge in [-0.05, 0) is 22.9 Å². The Labute approximate surface area is 110 Å². The molecule has 8 heteroatoms. The van der Waals surface area contributed by atoms with Crippen LogP contribution in [-0.2, 0) is 9.53 Å². The summed E-state index contributed by atoms with van der Waals surface area (Å²) >= 11 is 2.83. The van der Waals surface area contributed by atoms with Crippen molar-refractivity contribution in [1.29, 1.82) is 0 Å². The highest BCUT2D eigenvalue weighted by Gasteiger charge is 2.23. The second-order valence-corrected chi connectivity index (χ2v) is 4.13. The second kappa shape index (κ2) is 5.76. The molecule has 1 rings (SSSR count). The van der Waals surface area contributed by atoms with Crippen LogP contribution in [0.25, 0.3) is 0 Å². The number of benzene rings is 1. The number of nitro groups is 1. The molecular formula is C10H9BrFNO5. The number of nitrogens with zero attached hydrogens (tertiary/aromatic N) is 1. The molecule has 98 valence electrons. The molecule has 1 aromatic rings. The Balaban J connectivity index is 3.11. The standard InChI is InChI=1S/C10H9BrFNO5/c1-5(10(14)17-2)18-9-4-7(12)6(11)3-8(9)13(15)16/h3-5H,1-2H3/t5-/m0/s1. The highest BCUT2D eigenvalue weighted by Crippen LogP contribution is 2.33. The number of carbonyl (C=O) groups excluding carboxylic acids is 1. The van der Waals surface area contributed by atoms with E-state index in [9.17, 15) is 19.3 Å². The van der Waals surface area contributed by atoms with Gasteiger partial charge in [-0.3, -0.25) is 10.1 Å². The van der Waals surface area contributed by atoms with Crippen molar-refractivity contribution >= 4 is 27.6 Å². The number of ether oxygens (including phenoxy) is 2. The van der Waals surface area contributed by atoms with E-state index in [0.717, 1.165) is 19.2 Å². The molecule has 0 unspecified atom stereocenters. The van der Waals surface area contributed by atoms with Crippen molar-refractivity contribution in [1.82, 2.24) is 0 Å². The number of esters is 1. The first-order chi connectivity index (χ1) is 8.36. The molecular weight excluding hydrogens is 313 g/mol. The Morgan fingerprint density at radius 2 is 2.17 bits per heavy atom. The predicted molar refractivity (Wildman–Crippen MR) is 62.9 cm³/mol. The lowest BCUT2D eigenvalue weighted by atomic mass is 10.3. The van der Waals surface area contributed by atoms with E-state index in [-0.39, 0.29) is 10.2 Å². The van der Waals surface area contributed by atoms with E-state index in [1.807, 2.05) is 0 Å². The zero-order chi connectivity index (χ0) is 13.9. The lowest BCUT2D eigenvalue weighted by Gasteiger charge is -2.12. The van der Waals surface area contributed by atoms with E-state index in [1.54, 1.807) is 0 Å². The van der Waals surface area contributed by atoms with Crippen LogP contribution in [0.5, 0.6) is 5.75 Å². The molecule has 6 nitrogen and oxygen atoms in total. The molecule has 0 amide bonds. The first-order valence-electron chi connectivity index (χ1n) is 4.74. The quantitative estimate of drug-likeness (QED) is 0.483. The largest absolute Gasteiger partial charge is 0.472 e. The second-order valence-electron chi connectivity index (χ2n) is 3.27. The lowest BCUT2D eigenvalue weighted by Crippen LogP contribution is -2.25. The van der Waals surface area contributed by atoms with Crippen molar-refractivity contribution in [3.8, 4) is 5.75 Å². The van der Waals surface area contributed by atoms with Crippen LogP contribution < -0.4 is 4.74 Å². The maximum absolute atomic E-state index is 13.3. The topological polar surface area (TPSA) is 78.7 Å². The van der Waals surface area contributed by atoms with Crippen molar-refractivity contribution in [2.75, 3.05) is 7.11 Å². The normalized spacial score (nSPS) is 11.8. The monoisotopic (exact) mass is 321 g/mol. The van der Waals surface area contributed by atoms with Crippen LogP contribution in [-0.4, -0.2) is 24.1 Å². The first-order valence-corrected chi connectivity index (χ1v) is 5.54. The van der Waals surface area contributed by atoms with E-state index >= 15 is 0 Å². The number of carbonyl (C=O) groups is 1. The van der Waals surface area contributed by atoms with Gasteiger partial charge in [0.05, 0.1) is 16.5 Å². The van der Waals surface area contributed by atoms with Crippen LogP contribution in [0, 0.1) is 15.9 Å². The minimum Gasteiger partial charge on any atom is -0.472 e. The summed E-state index contributed by atoms with van der Waals surface area (Å²) in [5.41, 5.74) is -0.445. The average Bonchev–Trinajstić information content (AvgIpc) is 2.31. The summed E-state index contributed by atoms with van der Waals surface area (Å²) in [6, 6.07) is 1.80. The van der Waals surface area contributed by atoms with Gasteiger partial charge in [-0.1, -0.05) is 0 Å². The van der Waals surface area contributed by atoms with Crippen molar-refractivity contribution < 1.29 is 23.6 Å². The van der Waals surface area contributed by atoms with E-state index in [0.29, 0.717) is 0 Å². The molecule has 0 spiro atoms. The number of hydrogen-bond donors (Lipinski definition) is 0. The summed E-state index contributed by atoms with van der Waals surface area (Å²) < 4.78 is 22.6. The number of rotatable bonds is 4. The molecule has 0 radical (unpaired) electrons. The van der Waals surface area contributed by atoms with Gasteiger partial charge in [0.15, 0.2) is 6.10 Å². The van der Waals surface area contributed by atoms with E-state index in [1.165, 1.54) is 6.92 Å². The Bertz CT molecular complexity index is 493. The predicted octanol–water partition coefficient (Wildman–Crippen LogP) is 2.44. The zero-order valence-electron chi connectivity index (χ0n) is 9.48. The molecule has 18 heavy (non-hydrogen) atoms. The number of halogens is 2. The van der Waals surface area contributed by atoms with Crippen LogP contribution in [0.2, 0.25) is 0 Å². The Hall–Kier alpha value is -1.70. The lowest BCUT2D eigenvalue weighted by molar-refractivity contribution is -0.386. The van der Waals surface area contributed by atoms with Crippen LogP contribution in [0.15, 0.2) is 16.6 Å². The molecule has 1 aromatic carbocycles. The number of nitro benzene ring substituents is 1. The molecule has 1 atom stereocenters. The Morgan fingerprint density at radius 3 is 2.67 bits per heavy atom. The highest BCUT2D eigenvalue weighted by molar-refractivity contribution is 9.10. The van der Waals surface area contributed by atoms with Crippen LogP contribution >= 0.6 is 15.9 Å². The van der Waals surface area contributed by atoms with Gasteiger partial charge >= 0.3 is 11.7 Å². The smallest absolute Gasteiger partial charge is 0.346 e. The Kier molecular flexibility index (Phi) is 4.60. The molecule has 0 aliphatic carbocycles. The third-order valence-corrected chi connectivity index (χ3v) is 2.64. The average molecular weight is 322 g/mol. The summed E-state index contributed by atoms with van der Waals surface area (Å²) in [7, 11) is 1.15. The van der Waals surface area contributed by atoms with Gasteiger partial charge in [0.25, 0.3) is 0 Å². The molecule has 0 heterocycles. The molecule has 0 aliphatic heterocycles. The molecule has 0 saturated heterocycles. The van der Waals surface area contributed by atoms with Gasteiger partial charge < -0.3 is 9.47 Å². The van der Waals surface area contributed by atoms with Gasteiger partial charge in [0.1, 0.15) is 5.82 Å². The molecule has 0 fully saturated rings. The minimum atomic E-state index is -1.07. The fourth-order valence-electron chi connectivity index (χ4n) is 1.16. The number of methoxy groups -OCH3 is 1. The maximum atomic E-state index is 13.3. The maximum Gasteiger partial charge on any atom is 0.346 e. The van der Waals surface area contributed by atoms with Crippen molar-refractivity contribution in [3.63, 3.8) is 0 Å². The van der Waals surface area contributed by atoms with Gasteiger partial charge in [0.2, 0.25) is 5.75 Å². The fraction of sp³-hybridized carbons (Fsp3) is 0.300. The number of hydrogen-bond acceptors (Lipinski definition) is 5. The van der Waals surface area contributed by atoms with Gasteiger partial charge in [-0.25, -0.2) is 9.18 Å². The summed E-state index contributed by atoms with van der Waals surface area (Å²) in [6.07, 6.45) is -1.07. The van der Waals surface area contributed by atoms with Crippen LogP contribution in [0.1, 0.15) is 6.92 Å². The summed E-state index contributed by atoms with van der Waals surface area (Å²) in [6.45, 7) is 1.34. The van der Waals surface area contributed by atoms with Gasteiger partial charge in [-0.15, -0.1) is 0 Å². The molecule has 0 saturated carbocycles. The van der Waals surface area contributed by atoms with E-state index in [2.05, 4.69) is 20.7 Å². The van der Waals surface area contributed by atoms with Crippen LogP contribution in [0.4, 0.5) is 10.1 Å². The van der Waals surface area contributed by atoms with Crippen molar-refractivity contribution in [2.45, 2.75) is 13.0 Å². The van der Waals surface area contributed by atoms with Crippen molar-refractivity contribution in [3.05, 3.63) is 32.5 Å². The van der Waals surface area contributed by atoms with Gasteiger partial charge in [0, 0.05) is 12.1 Å². The van der Waals surface area contributed by atoms with E-state index < -0.39 is 28.5 Å². The van der Waals surface area contributed by atoms with Crippen LogP contribution in [0.3, 0.4) is 0 Å². The van der Waals surface area contributed by atoms with Gasteiger partial charge in [-0.2, -0.15) is 0 Å². The van der Waals surface area contributed by atoms with E-state index in [4.69, 9.17) is 4.74 Å². The Morgan fingerprint density at radius 1 is 1.56 bits per heavy atom. The molecule has 0 N–H and O–H groups in total. The summed E-state index contributed by atoms with van der Waals surface area (Å²) in [5, 5.41) is 10.8. The SMILES string of the molecule is COC(=O)[C@H](C)Oc1cc(F)c(Br)cc1[N+](=O)[O-]. The zero-order valence-corrected chi connectivity index (χ0v) is 11.1. The first kappa shape index (κ1) is 14.4. The highest BCUT2D eigenvalue weighted by atomic mass is 79.9.